The van der Waals surface area contributed by atoms with Crippen molar-refractivity contribution in [1.82, 2.24) is 5.32 Å². The molecule has 3 nitrogen and oxygen atoms in total. The Morgan fingerprint density at radius 2 is 2.06 bits per heavy atom. The Labute approximate surface area is 94.5 Å². The molecule has 6 heteroatoms. The lowest BCUT2D eigenvalue weighted by Crippen LogP contribution is -2.50. The van der Waals surface area contributed by atoms with Gasteiger partial charge in [0.2, 0.25) is 0 Å². The topological polar surface area (TPSA) is 46.2 Å². The second-order valence-electron chi connectivity index (χ2n) is 4.84. The Balaban J connectivity index is 2.11. The molecule has 2 fully saturated rings. The van der Waals surface area contributed by atoms with Gasteiger partial charge in [-0.15, -0.1) is 0 Å². The molecule has 2 saturated heterocycles. The van der Waals surface area contributed by atoms with Gasteiger partial charge in [-0.1, -0.05) is 0 Å². The number of sulfone groups is 1. The van der Waals surface area contributed by atoms with Crippen molar-refractivity contribution in [1.29, 1.82) is 0 Å². The molecular weight excluding hydrogens is 236 g/mol. The quantitative estimate of drug-likeness (QED) is 0.760. The molecule has 0 aromatic rings. The molecule has 2 aliphatic rings. The molecule has 0 aromatic carbocycles. The predicted octanol–water partition coefficient (Wildman–Crippen LogP) is 1.06. The predicted molar refractivity (Wildman–Crippen MR) is 57.3 cm³/mol. The van der Waals surface area contributed by atoms with Gasteiger partial charge in [0.1, 0.15) is 0 Å². The van der Waals surface area contributed by atoms with Crippen molar-refractivity contribution in [3.05, 3.63) is 0 Å². The minimum atomic E-state index is -3.09. The van der Waals surface area contributed by atoms with Crippen LogP contribution in [0.3, 0.4) is 0 Å². The van der Waals surface area contributed by atoms with Crippen LogP contribution >= 0.6 is 0 Å². The molecule has 2 atom stereocenters. The lowest BCUT2D eigenvalue weighted by molar-refractivity contribution is -0.0971. The monoisotopic (exact) mass is 253 g/mol. The number of rotatable bonds is 1. The average Bonchev–Trinajstić information content (AvgIpc) is 2.15. The summed E-state index contributed by atoms with van der Waals surface area (Å²) in [6.07, 6.45) is 0.967. The van der Waals surface area contributed by atoms with Crippen molar-refractivity contribution in [2.24, 2.45) is 11.8 Å². The number of alkyl halides is 2. The Bertz CT molecular complexity index is 356. The summed E-state index contributed by atoms with van der Waals surface area (Å²) in [7, 11) is -3.09. The van der Waals surface area contributed by atoms with Gasteiger partial charge >= 0.3 is 0 Å². The molecule has 0 bridgehead atoms. The molecule has 16 heavy (non-hydrogen) atoms. The van der Waals surface area contributed by atoms with Gasteiger partial charge in [0.05, 0.1) is 11.5 Å². The van der Waals surface area contributed by atoms with E-state index >= 15 is 0 Å². The summed E-state index contributed by atoms with van der Waals surface area (Å²) < 4.78 is 50.2. The number of hydrogen-bond donors (Lipinski definition) is 1. The van der Waals surface area contributed by atoms with E-state index < -0.39 is 21.7 Å². The highest BCUT2D eigenvalue weighted by Crippen LogP contribution is 2.39. The highest BCUT2D eigenvalue weighted by atomic mass is 32.2. The highest BCUT2D eigenvalue weighted by Gasteiger charge is 2.47. The molecular formula is C10H17F2NO2S. The fourth-order valence-corrected chi connectivity index (χ4v) is 4.56. The summed E-state index contributed by atoms with van der Waals surface area (Å²) in [5.41, 5.74) is 0. The maximum atomic E-state index is 13.7. The maximum Gasteiger partial charge on any atom is 0.253 e. The molecule has 0 spiro atoms. The minimum absolute atomic E-state index is 0.0606. The van der Waals surface area contributed by atoms with Crippen LogP contribution in [0.5, 0.6) is 0 Å². The third-order valence-electron chi connectivity index (χ3n) is 3.61. The SMILES string of the molecule is O=S1(=O)CCCC(C2CNCCC2(F)F)C1. The fraction of sp³-hybridized carbons (Fsp3) is 1.00. The van der Waals surface area contributed by atoms with E-state index in [0.717, 1.165) is 0 Å². The van der Waals surface area contributed by atoms with Crippen LogP contribution in [0.2, 0.25) is 0 Å². The third kappa shape index (κ3) is 2.53. The first-order chi connectivity index (χ1) is 7.41. The molecule has 0 radical (unpaired) electrons. The van der Waals surface area contributed by atoms with E-state index in [1.807, 2.05) is 0 Å². The van der Waals surface area contributed by atoms with Gasteiger partial charge in [-0.2, -0.15) is 0 Å². The van der Waals surface area contributed by atoms with Gasteiger partial charge in [0, 0.05) is 25.4 Å². The molecule has 0 aromatic heterocycles. The molecule has 1 N–H and O–H groups in total. The Hall–Kier alpha value is -0.230. The second-order valence-corrected chi connectivity index (χ2v) is 7.07. The van der Waals surface area contributed by atoms with Gasteiger partial charge in [0.25, 0.3) is 5.92 Å². The lowest BCUT2D eigenvalue weighted by atomic mass is 9.81. The molecule has 2 heterocycles. The summed E-state index contributed by atoms with van der Waals surface area (Å²) in [5.74, 6) is -3.79. The first kappa shape index (κ1) is 12.2. The van der Waals surface area contributed by atoms with Gasteiger partial charge in [-0.25, -0.2) is 17.2 Å². The van der Waals surface area contributed by atoms with Crippen molar-refractivity contribution in [2.75, 3.05) is 24.6 Å². The average molecular weight is 253 g/mol. The van der Waals surface area contributed by atoms with Gasteiger partial charge in [-0.3, -0.25) is 0 Å². The summed E-state index contributed by atoms with van der Waals surface area (Å²) in [4.78, 5) is 0. The first-order valence-corrected chi connectivity index (χ1v) is 7.52. The Morgan fingerprint density at radius 3 is 2.69 bits per heavy atom. The molecule has 0 amide bonds. The van der Waals surface area contributed by atoms with Crippen molar-refractivity contribution >= 4 is 9.84 Å². The number of hydrogen-bond acceptors (Lipinski definition) is 3. The maximum absolute atomic E-state index is 13.7. The van der Waals surface area contributed by atoms with Gasteiger partial charge < -0.3 is 5.32 Å². The van der Waals surface area contributed by atoms with E-state index in [1.165, 1.54) is 0 Å². The number of piperidine rings is 1. The summed E-state index contributed by atoms with van der Waals surface area (Å²) in [6.45, 7) is 0.566. The van der Waals surface area contributed by atoms with Crippen LogP contribution in [-0.4, -0.2) is 38.9 Å². The van der Waals surface area contributed by atoms with Crippen molar-refractivity contribution in [3.63, 3.8) is 0 Å². The number of halogens is 2. The zero-order chi connectivity index (χ0) is 11.8. The molecule has 2 aliphatic heterocycles. The van der Waals surface area contributed by atoms with Crippen LogP contribution < -0.4 is 5.32 Å². The Morgan fingerprint density at radius 1 is 1.31 bits per heavy atom. The van der Waals surface area contributed by atoms with Crippen LogP contribution in [0.25, 0.3) is 0 Å². The van der Waals surface area contributed by atoms with E-state index in [2.05, 4.69) is 5.32 Å². The van der Waals surface area contributed by atoms with E-state index in [0.29, 0.717) is 19.4 Å². The van der Waals surface area contributed by atoms with E-state index in [-0.39, 0.29) is 30.4 Å². The zero-order valence-corrected chi connectivity index (χ0v) is 9.90. The van der Waals surface area contributed by atoms with Crippen LogP contribution in [0, 0.1) is 11.8 Å². The van der Waals surface area contributed by atoms with E-state index in [4.69, 9.17) is 0 Å². The van der Waals surface area contributed by atoms with E-state index in [1.54, 1.807) is 0 Å². The lowest BCUT2D eigenvalue weighted by Gasteiger charge is -2.38. The molecule has 94 valence electrons. The molecule has 0 aliphatic carbocycles. The largest absolute Gasteiger partial charge is 0.316 e. The third-order valence-corrected chi connectivity index (χ3v) is 5.46. The first-order valence-electron chi connectivity index (χ1n) is 5.70. The Kier molecular flexibility index (Phi) is 3.22. The second kappa shape index (κ2) is 4.22. The number of nitrogens with one attached hydrogen (secondary N) is 1. The summed E-state index contributed by atoms with van der Waals surface area (Å²) in [5, 5.41) is 2.94. The highest BCUT2D eigenvalue weighted by molar-refractivity contribution is 7.91. The molecule has 2 rings (SSSR count). The zero-order valence-electron chi connectivity index (χ0n) is 9.09. The van der Waals surface area contributed by atoms with Gasteiger partial charge in [-0.05, 0) is 18.8 Å². The van der Waals surface area contributed by atoms with Crippen molar-refractivity contribution in [3.8, 4) is 0 Å². The smallest absolute Gasteiger partial charge is 0.253 e. The van der Waals surface area contributed by atoms with Crippen molar-refractivity contribution in [2.45, 2.75) is 25.2 Å². The molecule has 0 saturated carbocycles. The molecule has 2 unspecified atom stereocenters. The van der Waals surface area contributed by atoms with Crippen LogP contribution in [0.4, 0.5) is 8.78 Å². The normalized spacial score (nSPS) is 38.1. The van der Waals surface area contributed by atoms with Crippen LogP contribution in [-0.2, 0) is 9.84 Å². The van der Waals surface area contributed by atoms with Gasteiger partial charge in [0.15, 0.2) is 9.84 Å². The van der Waals surface area contributed by atoms with Crippen LogP contribution in [0.1, 0.15) is 19.3 Å². The van der Waals surface area contributed by atoms with Crippen molar-refractivity contribution < 1.29 is 17.2 Å². The fourth-order valence-electron chi connectivity index (χ4n) is 2.73. The van der Waals surface area contributed by atoms with E-state index in [9.17, 15) is 17.2 Å². The summed E-state index contributed by atoms with van der Waals surface area (Å²) >= 11 is 0. The van der Waals surface area contributed by atoms with Crippen LogP contribution in [0.15, 0.2) is 0 Å². The summed E-state index contributed by atoms with van der Waals surface area (Å²) in [6, 6.07) is 0. The standard InChI is InChI=1S/C10H17F2NO2S/c11-10(12)3-4-13-6-9(10)8-2-1-5-16(14,15)7-8/h8-9,13H,1-7H2. The minimum Gasteiger partial charge on any atom is -0.316 e.